The zero-order valence-electron chi connectivity index (χ0n) is 15.0. The van der Waals surface area contributed by atoms with Crippen molar-refractivity contribution in [1.29, 1.82) is 0 Å². The highest BCUT2D eigenvalue weighted by Crippen LogP contribution is 2.24. The Labute approximate surface area is 163 Å². The van der Waals surface area contributed by atoms with Gasteiger partial charge in [-0.3, -0.25) is 9.69 Å². The average molecular weight is 389 g/mol. The summed E-state index contributed by atoms with van der Waals surface area (Å²) in [6.45, 7) is 3.74. The van der Waals surface area contributed by atoms with Gasteiger partial charge in [0, 0.05) is 32.7 Å². The molecule has 1 aliphatic heterocycles. The third kappa shape index (κ3) is 5.81. The Hall–Kier alpha value is -2.37. The highest BCUT2D eigenvalue weighted by Gasteiger charge is 2.21. The van der Waals surface area contributed by atoms with Crippen LogP contribution in [-0.2, 0) is 4.79 Å². The van der Waals surface area contributed by atoms with Crippen LogP contribution in [0.4, 0.5) is 4.39 Å². The van der Waals surface area contributed by atoms with Gasteiger partial charge < -0.3 is 9.64 Å². The average Bonchev–Trinajstić information content (AvgIpc) is 2.68. The van der Waals surface area contributed by atoms with E-state index in [9.17, 15) is 9.18 Å². The highest BCUT2D eigenvalue weighted by atomic mass is 35.5. The van der Waals surface area contributed by atoms with Gasteiger partial charge in [-0.25, -0.2) is 4.39 Å². The maximum atomic E-state index is 13.0. The summed E-state index contributed by atoms with van der Waals surface area (Å²) >= 11 is 5.91. The lowest BCUT2D eigenvalue weighted by molar-refractivity contribution is -0.135. The maximum absolute atomic E-state index is 13.0. The van der Waals surface area contributed by atoms with Gasteiger partial charge in [0.1, 0.15) is 11.6 Å². The summed E-state index contributed by atoms with van der Waals surface area (Å²) in [6.07, 6.45) is 4.25. The zero-order chi connectivity index (χ0) is 19.1. The molecule has 1 saturated heterocycles. The number of carbonyl (C=O) groups excluding carboxylic acids is 1. The van der Waals surface area contributed by atoms with Crippen LogP contribution in [-0.4, -0.2) is 55.0 Å². The maximum Gasteiger partial charge on any atom is 0.260 e. The summed E-state index contributed by atoms with van der Waals surface area (Å²) in [5.41, 5.74) is 1.18. The van der Waals surface area contributed by atoms with Crippen molar-refractivity contribution in [2.45, 2.75) is 0 Å². The third-order valence-electron chi connectivity index (χ3n) is 4.44. The van der Waals surface area contributed by atoms with Crippen molar-refractivity contribution in [2.75, 3.05) is 39.3 Å². The molecule has 6 heteroatoms. The molecule has 0 N–H and O–H groups in total. The predicted molar refractivity (Wildman–Crippen MR) is 105 cm³/mol. The molecule has 1 aliphatic rings. The van der Waals surface area contributed by atoms with Gasteiger partial charge in [-0.05, 0) is 23.8 Å². The third-order valence-corrected chi connectivity index (χ3v) is 4.74. The van der Waals surface area contributed by atoms with E-state index in [0.717, 1.165) is 19.6 Å². The van der Waals surface area contributed by atoms with Crippen LogP contribution in [0.25, 0.3) is 6.08 Å². The molecule has 0 spiro atoms. The van der Waals surface area contributed by atoms with E-state index >= 15 is 0 Å². The number of halogens is 2. The van der Waals surface area contributed by atoms with Gasteiger partial charge in [-0.1, -0.05) is 54.1 Å². The van der Waals surface area contributed by atoms with Crippen molar-refractivity contribution in [2.24, 2.45) is 0 Å². The molecule has 0 radical (unpaired) electrons. The summed E-state index contributed by atoms with van der Waals surface area (Å²) in [4.78, 5) is 16.4. The lowest BCUT2D eigenvalue weighted by Gasteiger charge is -2.34. The van der Waals surface area contributed by atoms with Gasteiger partial charge in [0.25, 0.3) is 5.91 Å². The van der Waals surface area contributed by atoms with Crippen LogP contribution in [0.15, 0.2) is 54.6 Å². The van der Waals surface area contributed by atoms with Crippen LogP contribution in [0.2, 0.25) is 5.02 Å². The fraction of sp³-hybridized carbons (Fsp3) is 0.286. The van der Waals surface area contributed by atoms with Gasteiger partial charge in [0.15, 0.2) is 6.61 Å². The zero-order valence-corrected chi connectivity index (χ0v) is 15.7. The molecule has 4 nitrogen and oxygen atoms in total. The molecule has 1 heterocycles. The van der Waals surface area contributed by atoms with Crippen molar-refractivity contribution in [1.82, 2.24) is 9.80 Å². The number of amides is 1. The lowest BCUT2D eigenvalue weighted by atomic mass is 10.2. The summed E-state index contributed by atoms with van der Waals surface area (Å²) in [5.74, 6) is -0.206. The topological polar surface area (TPSA) is 32.8 Å². The molecule has 0 saturated carbocycles. The summed E-state index contributed by atoms with van der Waals surface area (Å²) in [7, 11) is 0. The molecular weight excluding hydrogens is 367 g/mol. The number of piperazine rings is 1. The van der Waals surface area contributed by atoms with E-state index in [1.807, 2.05) is 18.2 Å². The summed E-state index contributed by atoms with van der Waals surface area (Å²) in [6, 6.07) is 14.0. The molecule has 3 rings (SSSR count). The second kappa shape index (κ2) is 9.53. The van der Waals surface area contributed by atoms with E-state index in [2.05, 4.69) is 29.2 Å². The molecule has 1 fully saturated rings. The van der Waals surface area contributed by atoms with E-state index in [-0.39, 0.29) is 17.5 Å². The van der Waals surface area contributed by atoms with Crippen molar-refractivity contribution >= 4 is 23.6 Å². The number of benzene rings is 2. The van der Waals surface area contributed by atoms with E-state index in [1.165, 1.54) is 23.8 Å². The van der Waals surface area contributed by atoms with E-state index in [0.29, 0.717) is 18.8 Å². The highest BCUT2D eigenvalue weighted by molar-refractivity contribution is 6.32. The molecule has 2 aromatic carbocycles. The molecule has 142 valence electrons. The first-order chi connectivity index (χ1) is 13.1. The Kier molecular flexibility index (Phi) is 6.85. The Balaban J connectivity index is 1.40. The monoisotopic (exact) mass is 388 g/mol. The van der Waals surface area contributed by atoms with Crippen molar-refractivity contribution in [3.63, 3.8) is 0 Å². The summed E-state index contributed by atoms with van der Waals surface area (Å²) < 4.78 is 18.5. The Morgan fingerprint density at radius 2 is 1.85 bits per heavy atom. The largest absolute Gasteiger partial charge is 0.482 e. The van der Waals surface area contributed by atoms with Gasteiger partial charge >= 0.3 is 0 Å². The second-order valence-corrected chi connectivity index (χ2v) is 6.77. The number of nitrogens with zero attached hydrogens (tertiary/aromatic N) is 2. The molecule has 1 amide bonds. The van der Waals surface area contributed by atoms with Gasteiger partial charge in [0.2, 0.25) is 0 Å². The van der Waals surface area contributed by atoms with E-state index < -0.39 is 5.82 Å². The SMILES string of the molecule is O=C(COc1ccc(F)cc1Cl)N1CCN(C/C=C/c2ccccc2)CC1. The fourth-order valence-corrected chi connectivity index (χ4v) is 3.13. The van der Waals surface area contributed by atoms with Crippen molar-refractivity contribution in [3.05, 3.63) is 71.0 Å². The first kappa shape index (κ1) is 19.4. The van der Waals surface area contributed by atoms with E-state index in [1.54, 1.807) is 4.90 Å². The van der Waals surface area contributed by atoms with Crippen LogP contribution in [0.5, 0.6) is 5.75 Å². The van der Waals surface area contributed by atoms with Crippen LogP contribution in [0.1, 0.15) is 5.56 Å². The first-order valence-corrected chi connectivity index (χ1v) is 9.29. The predicted octanol–water partition coefficient (Wildman–Crippen LogP) is 3.72. The minimum Gasteiger partial charge on any atom is -0.482 e. The Bertz CT molecular complexity index is 790. The molecule has 0 aromatic heterocycles. The first-order valence-electron chi connectivity index (χ1n) is 8.91. The van der Waals surface area contributed by atoms with Crippen LogP contribution < -0.4 is 4.74 Å². The lowest BCUT2D eigenvalue weighted by Crippen LogP contribution is -2.49. The Morgan fingerprint density at radius 3 is 2.56 bits per heavy atom. The van der Waals surface area contributed by atoms with Crippen molar-refractivity contribution < 1.29 is 13.9 Å². The van der Waals surface area contributed by atoms with Gasteiger partial charge in [-0.2, -0.15) is 0 Å². The smallest absolute Gasteiger partial charge is 0.260 e. The quantitative estimate of drug-likeness (QED) is 0.756. The number of hydrogen-bond acceptors (Lipinski definition) is 3. The molecule has 2 aromatic rings. The van der Waals surface area contributed by atoms with Crippen LogP contribution in [0.3, 0.4) is 0 Å². The number of rotatable bonds is 6. The molecule has 0 atom stereocenters. The molecule has 0 unspecified atom stereocenters. The fourth-order valence-electron chi connectivity index (χ4n) is 2.90. The second-order valence-electron chi connectivity index (χ2n) is 6.36. The van der Waals surface area contributed by atoms with Crippen LogP contribution >= 0.6 is 11.6 Å². The van der Waals surface area contributed by atoms with Crippen LogP contribution in [0, 0.1) is 5.82 Å². The van der Waals surface area contributed by atoms with Gasteiger partial charge in [-0.15, -0.1) is 0 Å². The Morgan fingerprint density at radius 1 is 1.11 bits per heavy atom. The minimum atomic E-state index is -0.434. The number of hydrogen-bond donors (Lipinski definition) is 0. The number of carbonyl (C=O) groups is 1. The summed E-state index contributed by atoms with van der Waals surface area (Å²) in [5, 5.41) is 0.165. The molecule has 0 bridgehead atoms. The van der Waals surface area contributed by atoms with Crippen molar-refractivity contribution in [3.8, 4) is 5.75 Å². The molecular formula is C21H22ClFN2O2. The van der Waals surface area contributed by atoms with Gasteiger partial charge in [0.05, 0.1) is 5.02 Å². The standard InChI is InChI=1S/C21H22ClFN2O2/c22-19-15-18(23)8-9-20(19)27-16-21(26)25-13-11-24(12-14-25)10-4-7-17-5-2-1-3-6-17/h1-9,15H,10-14,16H2/b7-4+. The minimum absolute atomic E-state index is 0.0881. The molecule has 27 heavy (non-hydrogen) atoms. The number of ether oxygens (including phenoxy) is 1. The molecule has 0 aliphatic carbocycles. The normalized spacial score (nSPS) is 15.3. The van der Waals surface area contributed by atoms with E-state index in [4.69, 9.17) is 16.3 Å².